The number of rotatable bonds is 4. The molecule has 0 fully saturated rings. The van der Waals surface area contributed by atoms with Gasteiger partial charge in [-0.25, -0.2) is 5.06 Å². The number of ether oxygens (including phenoxy) is 1. The lowest BCUT2D eigenvalue weighted by Crippen LogP contribution is -2.48. The maximum absolute atomic E-state index is 12.1. The molecule has 0 saturated carbocycles. The Kier molecular flexibility index (Phi) is 4.63. The van der Waals surface area contributed by atoms with Gasteiger partial charge in [-0.3, -0.25) is 14.4 Å². The Balaban J connectivity index is 2.91. The Morgan fingerprint density at radius 3 is 2.50 bits per heavy atom. The zero-order valence-corrected chi connectivity index (χ0v) is 11.0. The second-order valence-electron chi connectivity index (χ2n) is 3.85. The van der Waals surface area contributed by atoms with Crippen molar-refractivity contribution in [3.8, 4) is 0 Å². The SMILES string of the molecule is CNC(=O)C1=CCC(OC)(C(=O)N(C)OC)C=C1. The predicted molar refractivity (Wildman–Crippen MR) is 65.4 cm³/mol. The summed E-state index contributed by atoms with van der Waals surface area (Å²) in [4.78, 5) is 28.4. The van der Waals surface area contributed by atoms with Crippen molar-refractivity contribution in [2.75, 3.05) is 28.3 Å². The zero-order chi connectivity index (χ0) is 13.8. The molecule has 1 atom stereocenters. The predicted octanol–water partition coefficient (Wildman–Crippen LogP) is 0.0237. The van der Waals surface area contributed by atoms with E-state index < -0.39 is 5.60 Å². The van der Waals surface area contributed by atoms with Crippen LogP contribution in [0.2, 0.25) is 0 Å². The second-order valence-corrected chi connectivity index (χ2v) is 3.85. The van der Waals surface area contributed by atoms with Gasteiger partial charge in [-0.2, -0.15) is 0 Å². The quantitative estimate of drug-likeness (QED) is 0.718. The van der Waals surface area contributed by atoms with E-state index in [0.717, 1.165) is 5.06 Å². The minimum absolute atomic E-state index is 0.191. The summed E-state index contributed by atoms with van der Waals surface area (Å²) < 4.78 is 5.29. The van der Waals surface area contributed by atoms with Crippen LogP contribution >= 0.6 is 0 Å². The van der Waals surface area contributed by atoms with Crippen LogP contribution < -0.4 is 5.32 Å². The van der Waals surface area contributed by atoms with Crippen LogP contribution in [0.4, 0.5) is 0 Å². The first-order chi connectivity index (χ1) is 8.50. The van der Waals surface area contributed by atoms with Gasteiger partial charge in [0.2, 0.25) is 0 Å². The summed E-state index contributed by atoms with van der Waals surface area (Å²) in [6, 6.07) is 0. The molecule has 1 rings (SSSR count). The third kappa shape index (κ3) is 2.60. The van der Waals surface area contributed by atoms with Gasteiger partial charge in [-0.1, -0.05) is 12.2 Å². The van der Waals surface area contributed by atoms with E-state index in [4.69, 9.17) is 9.57 Å². The number of carbonyl (C=O) groups is 2. The third-order valence-electron chi connectivity index (χ3n) is 2.93. The van der Waals surface area contributed by atoms with Crippen molar-refractivity contribution in [3.63, 3.8) is 0 Å². The van der Waals surface area contributed by atoms with Crippen LogP contribution in [-0.2, 0) is 19.2 Å². The van der Waals surface area contributed by atoms with Crippen LogP contribution in [0.1, 0.15) is 6.42 Å². The highest BCUT2D eigenvalue weighted by molar-refractivity contribution is 5.97. The van der Waals surface area contributed by atoms with E-state index in [1.165, 1.54) is 21.3 Å². The summed E-state index contributed by atoms with van der Waals surface area (Å²) in [7, 11) is 5.91. The molecule has 6 nitrogen and oxygen atoms in total. The zero-order valence-electron chi connectivity index (χ0n) is 11.0. The average Bonchev–Trinajstić information content (AvgIpc) is 2.44. The molecule has 0 heterocycles. The van der Waals surface area contributed by atoms with Crippen molar-refractivity contribution in [3.05, 3.63) is 23.8 Å². The molecule has 100 valence electrons. The first-order valence-corrected chi connectivity index (χ1v) is 5.49. The number of carbonyl (C=O) groups excluding carboxylic acids is 2. The molecule has 18 heavy (non-hydrogen) atoms. The van der Waals surface area contributed by atoms with Gasteiger partial charge in [0.1, 0.15) is 0 Å². The molecule has 6 heteroatoms. The van der Waals surface area contributed by atoms with E-state index in [-0.39, 0.29) is 18.2 Å². The summed E-state index contributed by atoms with van der Waals surface area (Å²) in [5, 5.41) is 3.63. The monoisotopic (exact) mass is 254 g/mol. The van der Waals surface area contributed by atoms with Crippen molar-refractivity contribution in [2.45, 2.75) is 12.0 Å². The highest BCUT2D eigenvalue weighted by Crippen LogP contribution is 2.26. The smallest absolute Gasteiger partial charge is 0.282 e. The van der Waals surface area contributed by atoms with Crippen LogP contribution in [0.15, 0.2) is 23.8 Å². The first-order valence-electron chi connectivity index (χ1n) is 5.49. The molecular weight excluding hydrogens is 236 g/mol. The molecule has 0 aromatic rings. The molecule has 1 aliphatic carbocycles. The minimum Gasteiger partial charge on any atom is -0.364 e. The molecule has 0 aromatic carbocycles. The van der Waals surface area contributed by atoms with Crippen LogP contribution in [-0.4, -0.2) is 50.8 Å². The number of hydrogen-bond donors (Lipinski definition) is 1. The molecule has 1 N–H and O–H groups in total. The molecule has 1 unspecified atom stereocenters. The van der Waals surface area contributed by atoms with Gasteiger partial charge in [-0.15, -0.1) is 0 Å². The number of nitrogens with zero attached hydrogens (tertiary/aromatic N) is 1. The Morgan fingerprint density at radius 1 is 1.44 bits per heavy atom. The Hall–Kier alpha value is -1.66. The van der Waals surface area contributed by atoms with Crippen molar-refractivity contribution in [1.82, 2.24) is 10.4 Å². The molecule has 1 aliphatic rings. The Bertz CT molecular complexity index is 403. The molecule has 0 radical (unpaired) electrons. The third-order valence-corrected chi connectivity index (χ3v) is 2.93. The fraction of sp³-hybridized carbons (Fsp3) is 0.500. The van der Waals surface area contributed by atoms with E-state index >= 15 is 0 Å². The van der Waals surface area contributed by atoms with E-state index in [1.807, 2.05) is 0 Å². The summed E-state index contributed by atoms with van der Waals surface area (Å²) in [6.45, 7) is 0. The maximum Gasteiger partial charge on any atom is 0.282 e. The Labute approximate surface area is 106 Å². The molecule has 0 aromatic heterocycles. The summed E-state index contributed by atoms with van der Waals surface area (Å²) in [6.07, 6.45) is 5.11. The lowest BCUT2D eigenvalue weighted by atomic mass is 9.90. The summed E-state index contributed by atoms with van der Waals surface area (Å²) in [5.41, 5.74) is -0.597. The fourth-order valence-corrected chi connectivity index (χ4v) is 1.68. The number of amides is 2. The van der Waals surface area contributed by atoms with Crippen molar-refractivity contribution in [1.29, 1.82) is 0 Å². The first kappa shape index (κ1) is 14.4. The van der Waals surface area contributed by atoms with E-state index in [0.29, 0.717) is 5.57 Å². The van der Waals surface area contributed by atoms with Gasteiger partial charge in [0.25, 0.3) is 11.8 Å². The second kappa shape index (κ2) is 5.79. The van der Waals surface area contributed by atoms with Gasteiger partial charge >= 0.3 is 0 Å². The molecule has 2 amide bonds. The summed E-state index contributed by atoms with van der Waals surface area (Å²) >= 11 is 0. The topological polar surface area (TPSA) is 67.9 Å². The van der Waals surface area contributed by atoms with Crippen LogP contribution in [0.5, 0.6) is 0 Å². The van der Waals surface area contributed by atoms with Crippen molar-refractivity contribution < 1.29 is 19.2 Å². The van der Waals surface area contributed by atoms with Gasteiger partial charge in [0.05, 0.1) is 7.11 Å². The normalized spacial score (nSPS) is 22.3. The van der Waals surface area contributed by atoms with Crippen molar-refractivity contribution in [2.24, 2.45) is 0 Å². The van der Waals surface area contributed by atoms with Gasteiger partial charge in [0, 0.05) is 33.2 Å². The summed E-state index contributed by atoms with van der Waals surface area (Å²) in [5.74, 6) is -0.514. The van der Waals surface area contributed by atoms with Gasteiger partial charge < -0.3 is 10.1 Å². The van der Waals surface area contributed by atoms with Crippen molar-refractivity contribution >= 4 is 11.8 Å². The van der Waals surface area contributed by atoms with Crippen LogP contribution in [0.3, 0.4) is 0 Å². The maximum atomic E-state index is 12.1. The van der Waals surface area contributed by atoms with Gasteiger partial charge in [0.15, 0.2) is 5.60 Å². The molecular formula is C12H18N2O4. The molecule has 0 saturated heterocycles. The average molecular weight is 254 g/mol. The minimum atomic E-state index is -1.11. The standard InChI is InChI=1S/C12H18N2O4/c1-13-10(15)9-5-7-12(17-3,8-6-9)11(16)14(2)18-4/h5-7H,8H2,1-4H3,(H,13,15). The number of methoxy groups -OCH3 is 1. The number of likely N-dealkylation sites (N-methyl/N-ethyl adjacent to an activating group) is 2. The lowest BCUT2D eigenvalue weighted by molar-refractivity contribution is -0.186. The van der Waals surface area contributed by atoms with E-state index in [1.54, 1.807) is 25.3 Å². The van der Waals surface area contributed by atoms with E-state index in [2.05, 4.69) is 5.32 Å². The lowest BCUT2D eigenvalue weighted by Gasteiger charge is -2.32. The van der Waals surface area contributed by atoms with Crippen LogP contribution in [0.25, 0.3) is 0 Å². The molecule has 0 spiro atoms. The fourth-order valence-electron chi connectivity index (χ4n) is 1.68. The number of hydroxylamine groups is 2. The molecule has 0 bridgehead atoms. The van der Waals surface area contributed by atoms with E-state index in [9.17, 15) is 9.59 Å². The Morgan fingerprint density at radius 2 is 2.11 bits per heavy atom. The highest BCUT2D eigenvalue weighted by atomic mass is 16.7. The molecule has 0 aliphatic heterocycles. The number of nitrogens with one attached hydrogen (secondary N) is 1. The van der Waals surface area contributed by atoms with Crippen LogP contribution in [0, 0.1) is 0 Å². The highest BCUT2D eigenvalue weighted by Gasteiger charge is 2.39. The largest absolute Gasteiger partial charge is 0.364 e. The number of hydrogen-bond acceptors (Lipinski definition) is 4. The van der Waals surface area contributed by atoms with Gasteiger partial charge in [-0.05, 0) is 6.08 Å².